The molecule has 0 spiro atoms. The van der Waals surface area contributed by atoms with Gasteiger partial charge in [0.25, 0.3) is 0 Å². The first kappa shape index (κ1) is 14.0. The first-order valence-corrected chi connectivity index (χ1v) is 8.24. The van der Waals surface area contributed by atoms with Crippen LogP contribution in [0, 0.1) is 11.8 Å². The quantitative estimate of drug-likeness (QED) is 0.779. The van der Waals surface area contributed by atoms with E-state index in [0.717, 1.165) is 25.8 Å². The maximum absolute atomic E-state index is 11.4. The van der Waals surface area contributed by atoms with Crippen LogP contribution in [0.25, 0.3) is 0 Å². The Morgan fingerprint density at radius 2 is 2.06 bits per heavy atom. The largest absolute Gasteiger partial charge is 0.314 e. The van der Waals surface area contributed by atoms with Gasteiger partial charge in [-0.3, -0.25) is 0 Å². The molecule has 0 aromatic heterocycles. The Morgan fingerprint density at radius 1 is 1.38 bits per heavy atom. The van der Waals surface area contributed by atoms with E-state index < -0.39 is 9.84 Å². The molecule has 0 aromatic rings. The Balaban J connectivity index is 2.49. The molecule has 16 heavy (non-hydrogen) atoms. The third kappa shape index (κ3) is 4.06. The molecule has 0 amide bonds. The van der Waals surface area contributed by atoms with Gasteiger partial charge in [-0.1, -0.05) is 27.2 Å². The summed E-state index contributed by atoms with van der Waals surface area (Å²) in [5.41, 5.74) is 0. The normalized spacial score (nSPS) is 27.8. The van der Waals surface area contributed by atoms with Gasteiger partial charge in [-0.25, -0.2) is 8.42 Å². The van der Waals surface area contributed by atoms with Gasteiger partial charge in [0, 0.05) is 6.04 Å². The molecule has 96 valence electrons. The number of hydrogen-bond acceptors (Lipinski definition) is 3. The maximum atomic E-state index is 11.4. The summed E-state index contributed by atoms with van der Waals surface area (Å²) in [6.07, 6.45) is 3.03. The van der Waals surface area contributed by atoms with Crippen molar-refractivity contribution in [1.29, 1.82) is 0 Å². The molecule has 0 aliphatic carbocycles. The van der Waals surface area contributed by atoms with E-state index in [1.165, 1.54) is 0 Å². The van der Waals surface area contributed by atoms with Crippen molar-refractivity contribution in [3.63, 3.8) is 0 Å². The molecular weight excluding hydrogens is 222 g/mol. The van der Waals surface area contributed by atoms with Gasteiger partial charge < -0.3 is 5.32 Å². The Labute approximate surface area is 99.9 Å². The number of hydrogen-bond donors (Lipinski definition) is 1. The van der Waals surface area contributed by atoms with Gasteiger partial charge in [0.15, 0.2) is 9.84 Å². The van der Waals surface area contributed by atoms with Crippen molar-refractivity contribution >= 4 is 9.84 Å². The van der Waals surface area contributed by atoms with Crippen molar-refractivity contribution in [3.8, 4) is 0 Å². The van der Waals surface area contributed by atoms with Crippen LogP contribution in [0.4, 0.5) is 0 Å². The minimum Gasteiger partial charge on any atom is -0.314 e. The van der Waals surface area contributed by atoms with E-state index in [-0.39, 0.29) is 0 Å². The lowest BCUT2D eigenvalue weighted by atomic mass is 9.89. The Bertz CT molecular complexity index is 300. The Morgan fingerprint density at radius 3 is 2.50 bits per heavy atom. The highest BCUT2D eigenvalue weighted by Crippen LogP contribution is 2.25. The molecule has 1 rings (SSSR count). The van der Waals surface area contributed by atoms with Crippen LogP contribution < -0.4 is 5.32 Å². The van der Waals surface area contributed by atoms with Crippen molar-refractivity contribution in [2.45, 2.75) is 46.1 Å². The van der Waals surface area contributed by atoms with Gasteiger partial charge in [-0.05, 0) is 31.2 Å². The number of nitrogens with one attached hydrogen (secondary N) is 1. The molecule has 1 saturated heterocycles. The summed E-state index contributed by atoms with van der Waals surface area (Å²) >= 11 is 0. The summed E-state index contributed by atoms with van der Waals surface area (Å²) in [4.78, 5) is 0. The summed E-state index contributed by atoms with van der Waals surface area (Å²) in [5, 5.41) is 3.49. The lowest BCUT2D eigenvalue weighted by Crippen LogP contribution is -2.36. The van der Waals surface area contributed by atoms with Crippen molar-refractivity contribution in [2.75, 3.05) is 18.1 Å². The molecule has 3 nitrogen and oxygen atoms in total. The molecular formula is C12H25NO2S. The molecule has 0 radical (unpaired) electrons. The molecule has 1 heterocycles. The molecule has 1 aliphatic heterocycles. The smallest absolute Gasteiger partial charge is 0.150 e. The summed E-state index contributed by atoms with van der Waals surface area (Å²) in [5.74, 6) is 1.81. The average molecular weight is 247 g/mol. The third-order valence-electron chi connectivity index (χ3n) is 3.71. The summed E-state index contributed by atoms with van der Waals surface area (Å²) in [6.45, 7) is 7.52. The second-order valence-electron chi connectivity index (χ2n) is 5.05. The van der Waals surface area contributed by atoms with Crippen LogP contribution in [0.5, 0.6) is 0 Å². The van der Waals surface area contributed by atoms with Crippen molar-refractivity contribution in [3.05, 3.63) is 0 Å². The van der Waals surface area contributed by atoms with Gasteiger partial charge >= 0.3 is 0 Å². The second-order valence-corrected chi connectivity index (χ2v) is 7.28. The van der Waals surface area contributed by atoms with Crippen LogP contribution in [0.15, 0.2) is 0 Å². The number of rotatable bonds is 6. The second kappa shape index (κ2) is 6.01. The predicted octanol–water partition coefficient (Wildman–Crippen LogP) is 1.84. The molecule has 0 saturated carbocycles. The van der Waals surface area contributed by atoms with Gasteiger partial charge in [0.1, 0.15) is 0 Å². The van der Waals surface area contributed by atoms with Gasteiger partial charge in [0.2, 0.25) is 0 Å². The standard InChI is InChI=1S/C12H25NO2S/c1-4-10(3)12(13-5-2)8-11-6-7-16(14,15)9-11/h10-13H,4-9H2,1-3H3. The van der Waals surface area contributed by atoms with Crippen molar-refractivity contribution in [1.82, 2.24) is 5.32 Å². The average Bonchev–Trinajstić information content (AvgIpc) is 2.56. The molecule has 4 heteroatoms. The molecule has 0 bridgehead atoms. The molecule has 1 aliphatic rings. The van der Waals surface area contributed by atoms with E-state index in [0.29, 0.717) is 29.4 Å². The zero-order valence-corrected chi connectivity index (χ0v) is 11.5. The van der Waals surface area contributed by atoms with Crippen molar-refractivity contribution in [2.24, 2.45) is 11.8 Å². The SMILES string of the molecule is CCNC(CC1CCS(=O)(=O)C1)C(C)CC. The Kier molecular flexibility index (Phi) is 5.25. The van der Waals surface area contributed by atoms with Crippen LogP contribution in [0.2, 0.25) is 0 Å². The van der Waals surface area contributed by atoms with E-state index >= 15 is 0 Å². The van der Waals surface area contributed by atoms with Gasteiger partial charge in [0.05, 0.1) is 11.5 Å². The van der Waals surface area contributed by atoms with E-state index in [1.807, 2.05) is 0 Å². The monoisotopic (exact) mass is 247 g/mol. The highest BCUT2D eigenvalue weighted by atomic mass is 32.2. The highest BCUT2D eigenvalue weighted by Gasteiger charge is 2.30. The molecule has 3 unspecified atom stereocenters. The fourth-order valence-corrected chi connectivity index (χ4v) is 4.36. The molecule has 1 N–H and O–H groups in total. The molecule has 1 fully saturated rings. The van der Waals surface area contributed by atoms with E-state index in [1.54, 1.807) is 0 Å². The zero-order valence-electron chi connectivity index (χ0n) is 10.7. The lowest BCUT2D eigenvalue weighted by molar-refractivity contribution is 0.314. The molecule has 3 atom stereocenters. The van der Waals surface area contributed by atoms with Crippen LogP contribution >= 0.6 is 0 Å². The van der Waals surface area contributed by atoms with E-state index in [4.69, 9.17) is 0 Å². The fraction of sp³-hybridized carbons (Fsp3) is 1.00. The number of sulfone groups is 1. The first-order chi connectivity index (χ1) is 7.48. The highest BCUT2D eigenvalue weighted by molar-refractivity contribution is 7.91. The zero-order chi connectivity index (χ0) is 12.2. The van der Waals surface area contributed by atoms with Gasteiger partial charge in [-0.2, -0.15) is 0 Å². The maximum Gasteiger partial charge on any atom is 0.150 e. The minimum absolute atomic E-state index is 0.378. The van der Waals surface area contributed by atoms with Crippen molar-refractivity contribution < 1.29 is 8.42 Å². The van der Waals surface area contributed by atoms with Crippen LogP contribution in [0.3, 0.4) is 0 Å². The van der Waals surface area contributed by atoms with Gasteiger partial charge in [-0.15, -0.1) is 0 Å². The summed E-state index contributed by atoms with van der Waals surface area (Å²) in [7, 11) is -2.72. The summed E-state index contributed by atoms with van der Waals surface area (Å²) in [6, 6.07) is 0.480. The van der Waals surface area contributed by atoms with Crippen LogP contribution in [-0.2, 0) is 9.84 Å². The Hall–Kier alpha value is -0.0900. The topological polar surface area (TPSA) is 46.2 Å². The lowest BCUT2D eigenvalue weighted by Gasteiger charge is -2.26. The van der Waals surface area contributed by atoms with E-state index in [9.17, 15) is 8.42 Å². The van der Waals surface area contributed by atoms with E-state index in [2.05, 4.69) is 26.1 Å². The summed E-state index contributed by atoms with van der Waals surface area (Å²) < 4.78 is 22.8. The van der Waals surface area contributed by atoms with Crippen LogP contribution in [0.1, 0.15) is 40.0 Å². The van der Waals surface area contributed by atoms with Crippen LogP contribution in [-0.4, -0.2) is 32.5 Å². The molecule has 0 aromatic carbocycles. The third-order valence-corrected chi connectivity index (χ3v) is 5.55. The predicted molar refractivity (Wildman–Crippen MR) is 68.3 cm³/mol. The first-order valence-electron chi connectivity index (χ1n) is 6.42. The minimum atomic E-state index is -2.72. The fourth-order valence-electron chi connectivity index (χ4n) is 2.48.